The van der Waals surface area contributed by atoms with E-state index in [2.05, 4.69) is 13.8 Å². The van der Waals surface area contributed by atoms with E-state index in [4.69, 9.17) is 0 Å². The Kier molecular flexibility index (Phi) is 29.5. The Morgan fingerprint density at radius 2 is 1.67 bits per heavy atom. The first-order valence-corrected chi connectivity index (χ1v) is 3.21. The van der Waals surface area contributed by atoms with Crippen LogP contribution in [0.1, 0.15) is 39.0 Å². The molecule has 0 aromatic rings. The molecule has 0 aliphatic rings. The quantitative estimate of drug-likeness (QED) is 0.292. The van der Waals surface area contributed by atoms with Crippen LogP contribution in [-0.2, 0) is 0 Å². The third-order valence-electron chi connectivity index (χ3n) is 1.10. The third kappa shape index (κ3) is 17.6. The normalized spacial score (nSPS) is 7.33. The summed E-state index contributed by atoms with van der Waals surface area (Å²) in [6.07, 6.45) is 6.52. The van der Waals surface area contributed by atoms with Gasteiger partial charge in [-0.15, -0.1) is 0 Å². The van der Waals surface area contributed by atoms with E-state index in [9.17, 15) is 0 Å². The van der Waals surface area contributed by atoms with Crippen molar-refractivity contribution in [3.8, 4) is 0 Å². The minimum absolute atomic E-state index is 0. The molecule has 0 spiro atoms. The maximum atomic E-state index is 3.76. The van der Waals surface area contributed by atoms with E-state index in [0.717, 1.165) is 6.42 Å². The van der Waals surface area contributed by atoms with E-state index < -0.39 is 0 Å². The summed E-state index contributed by atoms with van der Waals surface area (Å²) in [5.41, 5.74) is 0. The van der Waals surface area contributed by atoms with Crippen molar-refractivity contribution in [3.63, 3.8) is 0 Å². The molecule has 0 aromatic carbocycles. The summed E-state index contributed by atoms with van der Waals surface area (Å²) >= 11 is 0. The summed E-state index contributed by atoms with van der Waals surface area (Å²) in [5.74, 6) is 0. The van der Waals surface area contributed by atoms with Crippen LogP contribution in [0.4, 0.5) is 0 Å². The molecule has 0 fully saturated rings. The number of hydrogen-bond acceptors (Lipinski definition) is 0. The van der Waals surface area contributed by atoms with Crippen LogP contribution in [0.15, 0.2) is 0 Å². The van der Waals surface area contributed by atoms with Crippen LogP contribution in [-0.4, -0.2) is 23.1 Å². The molecule has 0 bridgehead atoms. The van der Waals surface area contributed by atoms with E-state index in [1.54, 1.807) is 0 Å². The Morgan fingerprint density at radius 3 is 2.00 bits per heavy atom. The predicted octanol–water partition coefficient (Wildman–Crippen LogP) is -0.586. The fraction of sp³-hybridized carbons (Fsp3) is 0.857. The van der Waals surface area contributed by atoms with Crippen molar-refractivity contribution in [2.75, 3.05) is 0 Å². The summed E-state index contributed by atoms with van der Waals surface area (Å²) in [6, 6.07) is 0. The van der Waals surface area contributed by atoms with Crippen LogP contribution in [0.3, 0.4) is 0 Å². The zero-order chi connectivity index (χ0) is 5.54. The van der Waals surface area contributed by atoms with Gasteiger partial charge in [0, 0.05) is 0 Å². The molecule has 0 aliphatic heterocycles. The monoisotopic (exact) mass is 158 g/mol. The van der Waals surface area contributed by atoms with Gasteiger partial charge in [0.2, 0.25) is 0 Å². The molecule has 0 radical (unpaired) electrons. The number of halogens is 1. The Bertz CT molecular complexity index is 28.1. The molecule has 0 heterocycles. The van der Waals surface area contributed by atoms with Gasteiger partial charge in [0.1, 0.15) is 0 Å². The van der Waals surface area contributed by atoms with Crippen molar-refractivity contribution in [3.05, 3.63) is 6.92 Å². The van der Waals surface area contributed by atoms with Crippen LogP contribution in [0.5, 0.6) is 0 Å². The fourth-order valence-electron chi connectivity index (χ4n) is 0.604. The molecule has 0 atom stereocenters. The van der Waals surface area contributed by atoms with Gasteiger partial charge in [-0.05, 0) is 0 Å². The maximum absolute atomic E-state index is 3.76. The average Bonchev–Trinajstić information content (AvgIpc) is 1.69. The van der Waals surface area contributed by atoms with Gasteiger partial charge in [0.15, 0.2) is 0 Å². The number of hydrogen-bond donors (Lipinski definition) is 0. The standard InChI is InChI=1S/C7H15.ClH.Mg/c1-3-5-7-6-4-2;;/h1,3-7H2,2H3;1H;/q-1;;+2/p-1. The van der Waals surface area contributed by atoms with Crippen LogP contribution in [0.25, 0.3) is 0 Å². The Morgan fingerprint density at radius 1 is 1.11 bits per heavy atom. The smallest absolute Gasteiger partial charge is 1.00 e. The summed E-state index contributed by atoms with van der Waals surface area (Å²) in [7, 11) is 0. The predicted molar refractivity (Wildman–Crippen MR) is 39.9 cm³/mol. The second kappa shape index (κ2) is 16.0. The molecule has 0 nitrogen and oxygen atoms in total. The largest absolute Gasteiger partial charge is 2.00 e. The van der Waals surface area contributed by atoms with Crippen molar-refractivity contribution in [2.24, 2.45) is 0 Å². The second-order valence-corrected chi connectivity index (χ2v) is 1.91. The zero-order valence-electron chi connectivity index (χ0n) is 6.33. The molecule has 2 heteroatoms. The molecule has 0 rings (SSSR count). The molecule has 0 amide bonds. The average molecular weight is 159 g/mol. The van der Waals surface area contributed by atoms with Crippen molar-refractivity contribution in [1.82, 2.24) is 0 Å². The van der Waals surface area contributed by atoms with Crippen molar-refractivity contribution >= 4 is 23.1 Å². The maximum Gasteiger partial charge on any atom is 2.00 e. The van der Waals surface area contributed by atoms with Gasteiger partial charge < -0.3 is 19.3 Å². The van der Waals surface area contributed by atoms with E-state index in [1.807, 2.05) is 0 Å². The molecule has 0 saturated carbocycles. The molecule has 0 aromatic heterocycles. The van der Waals surface area contributed by atoms with Crippen LogP contribution >= 0.6 is 0 Å². The second-order valence-electron chi connectivity index (χ2n) is 1.91. The van der Waals surface area contributed by atoms with Gasteiger partial charge in [-0.2, -0.15) is 6.42 Å². The number of rotatable bonds is 4. The van der Waals surface area contributed by atoms with Gasteiger partial charge in [0.25, 0.3) is 0 Å². The van der Waals surface area contributed by atoms with E-state index in [1.165, 1.54) is 25.7 Å². The minimum atomic E-state index is 0. The molecular weight excluding hydrogens is 144 g/mol. The molecule has 0 saturated heterocycles. The Balaban J connectivity index is -0.000000180. The van der Waals surface area contributed by atoms with Crippen LogP contribution in [0, 0.1) is 6.92 Å². The van der Waals surface area contributed by atoms with E-state index in [0.29, 0.717) is 0 Å². The summed E-state index contributed by atoms with van der Waals surface area (Å²) in [5, 5.41) is 0. The zero-order valence-corrected chi connectivity index (χ0v) is 8.50. The molecule has 0 N–H and O–H groups in total. The van der Waals surface area contributed by atoms with Gasteiger partial charge in [0.05, 0.1) is 0 Å². The molecule has 9 heavy (non-hydrogen) atoms. The Labute approximate surface area is 81.4 Å². The third-order valence-corrected chi connectivity index (χ3v) is 1.10. The first kappa shape index (κ1) is 16.6. The van der Waals surface area contributed by atoms with Crippen molar-refractivity contribution in [1.29, 1.82) is 0 Å². The topological polar surface area (TPSA) is 0 Å². The summed E-state index contributed by atoms with van der Waals surface area (Å²) in [6.45, 7) is 5.98. The first-order chi connectivity index (χ1) is 3.41. The van der Waals surface area contributed by atoms with Gasteiger partial charge >= 0.3 is 23.1 Å². The van der Waals surface area contributed by atoms with E-state index >= 15 is 0 Å². The minimum Gasteiger partial charge on any atom is -1.00 e. The number of unbranched alkanes of at least 4 members (excludes halogenated alkanes) is 4. The van der Waals surface area contributed by atoms with Crippen LogP contribution < -0.4 is 12.4 Å². The molecule has 52 valence electrons. The molecular formula is C7H15ClMg. The van der Waals surface area contributed by atoms with Crippen LogP contribution in [0.2, 0.25) is 0 Å². The first-order valence-electron chi connectivity index (χ1n) is 3.21. The van der Waals surface area contributed by atoms with Crippen molar-refractivity contribution in [2.45, 2.75) is 39.0 Å². The van der Waals surface area contributed by atoms with Gasteiger partial charge in [-0.25, -0.2) is 0 Å². The van der Waals surface area contributed by atoms with E-state index in [-0.39, 0.29) is 35.5 Å². The Hall–Kier alpha value is 1.06. The van der Waals surface area contributed by atoms with Crippen molar-refractivity contribution < 1.29 is 12.4 Å². The summed E-state index contributed by atoms with van der Waals surface area (Å²) in [4.78, 5) is 0. The fourth-order valence-corrected chi connectivity index (χ4v) is 0.604. The molecule has 0 aliphatic carbocycles. The van der Waals surface area contributed by atoms with Gasteiger partial charge in [-0.3, -0.25) is 0 Å². The summed E-state index contributed by atoms with van der Waals surface area (Å²) < 4.78 is 0. The SMILES string of the molecule is [CH2-]CCCCCC.[Cl-].[Mg+2]. The van der Waals surface area contributed by atoms with Gasteiger partial charge in [-0.1, -0.05) is 32.6 Å². The molecule has 0 unspecified atom stereocenters.